The van der Waals surface area contributed by atoms with Crippen LogP contribution in [0.2, 0.25) is 0 Å². The Hall–Kier alpha value is -2.37. The Morgan fingerprint density at radius 2 is 1.91 bits per heavy atom. The highest BCUT2D eigenvalue weighted by Crippen LogP contribution is 2.18. The van der Waals surface area contributed by atoms with E-state index in [1.165, 1.54) is 6.92 Å². The first-order valence-electron chi connectivity index (χ1n) is 7.93. The van der Waals surface area contributed by atoms with Crippen molar-refractivity contribution >= 4 is 17.7 Å². The molecule has 2 rings (SSSR count). The zero-order valence-corrected chi connectivity index (χ0v) is 13.4. The SMILES string of the molecule is CC(=O)NCCC(=O)N1CCC[C@@H]1C(=O)NCc1ccccc1. The van der Waals surface area contributed by atoms with Crippen molar-refractivity contribution in [2.45, 2.75) is 38.8 Å². The van der Waals surface area contributed by atoms with E-state index in [0.29, 0.717) is 26.1 Å². The summed E-state index contributed by atoms with van der Waals surface area (Å²) in [6.07, 6.45) is 1.74. The Morgan fingerprint density at radius 1 is 1.17 bits per heavy atom. The molecule has 0 bridgehead atoms. The van der Waals surface area contributed by atoms with Gasteiger partial charge in [0.1, 0.15) is 6.04 Å². The van der Waals surface area contributed by atoms with Gasteiger partial charge in [0.25, 0.3) is 0 Å². The number of amides is 3. The molecule has 1 fully saturated rings. The first kappa shape index (κ1) is 17.0. The maximum Gasteiger partial charge on any atom is 0.243 e. The number of carbonyl (C=O) groups excluding carboxylic acids is 3. The Balaban J connectivity index is 1.83. The van der Waals surface area contributed by atoms with Crippen LogP contribution < -0.4 is 10.6 Å². The summed E-state index contributed by atoms with van der Waals surface area (Å²) in [6, 6.07) is 9.28. The van der Waals surface area contributed by atoms with Gasteiger partial charge in [-0.25, -0.2) is 0 Å². The second-order valence-corrected chi connectivity index (χ2v) is 5.68. The van der Waals surface area contributed by atoms with Gasteiger partial charge in [0.2, 0.25) is 17.7 Å². The molecular weight excluding hydrogens is 294 g/mol. The Morgan fingerprint density at radius 3 is 2.61 bits per heavy atom. The average Bonchev–Trinajstić information content (AvgIpc) is 3.03. The van der Waals surface area contributed by atoms with Crippen molar-refractivity contribution in [1.82, 2.24) is 15.5 Å². The van der Waals surface area contributed by atoms with Gasteiger partial charge in [-0.1, -0.05) is 30.3 Å². The molecule has 0 unspecified atom stereocenters. The third-order valence-electron chi connectivity index (χ3n) is 3.90. The molecule has 2 N–H and O–H groups in total. The van der Waals surface area contributed by atoms with Crippen molar-refractivity contribution in [2.24, 2.45) is 0 Å². The van der Waals surface area contributed by atoms with Crippen molar-refractivity contribution in [1.29, 1.82) is 0 Å². The van der Waals surface area contributed by atoms with Crippen molar-refractivity contribution in [2.75, 3.05) is 13.1 Å². The molecule has 1 aliphatic heterocycles. The van der Waals surface area contributed by atoms with Crippen LogP contribution in [0.15, 0.2) is 30.3 Å². The van der Waals surface area contributed by atoms with Gasteiger partial charge in [0.05, 0.1) is 0 Å². The largest absolute Gasteiger partial charge is 0.356 e. The number of hydrogen-bond acceptors (Lipinski definition) is 3. The minimum Gasteiger partial charge on any atom is -0.356 e. The third-order valence-corrected chi connectivity index (χ3v) is 3.90. The van der Waals surface area contributed by atoms with Crippen LogP contribution in [0.5, 0.6) is 0 Å². The minimum atomic E-state index is -0.399. The Bertz CT molecular complexity index is 559. The summed E-state index contributed by atoms with van der Waals surface area (Å²) in [5.74, 6) is -0.355. The number of benzene rings is 1. The van der Waals surface area contributed by atoms with E-state index in [2.05, 4.69) is 10.6 Å². The molecule has 3 amide bonds. The number of rotatable bonds is 6. The van der Waals surface area contributed by atoms with Crippen LogP contribution in [-0.2, 0) is 20.9 Å². The summed E-state index contributed by atoms with van der Waals surface area (Å²) in [5.41, 5.74) is 1.03. The molecule has 1 aliphatic rings. The zero-order chi connectivity index (χ0) is 16.7. The monoisotopic (exact) mass is 317 g/mol. The number of nitrogens with zero attached hydrogens (tertiary/aromatic N) is 1. The molecule has 1 heterocycles. The van der Waals surface area contributed by atoms with Crippen LogP contribution in [0.1, 0.15) is 31.7 Å². The van der Waals surface area contributed by atoms with E-state index in [1.54, 1.807) is 4.90 Å². The fourth-order valence-electron chi connectivity index (χ4n) is 2.73. The molecule has 1 aromatic rings. The summed E-state index contributed by atoms with van der Waals surface area (Å²) in [5, 5.41) is 5.50. The van der Waals surface area contributed by atoms with Gasteiger partial charge < -0.3 is 15.5 Å². The first-order valence-corrected chi connectivity index (χ1v) is 7.93. The fourth-order valence-corrected chi connectivity index (χ4v) is 2.73. The summed E-state index contributed by atoms with van der Waals surface area (Å²) in [7, 11) is 0. The molecule has 0 spiro atoms. The molecule has 1 atom stereocenters. The molecule has 6 heteroatoms. The fraction of sp³-hybridized carbons (Fsp3) is 0.471. The Labute approximate surface area is 136 Å². The summed E-state index contributed by atoms with van der Waals surface area (Å²) >= 11 is 0. The predicted octanol–water partition coefficient (Wildman–Crippen LogP) is 0.820. The number of likely N-dealkylation sites (tertiary alicyclic amines) is 1. The highest BCUT2D eigenvalue weighted by atomic mass is 16.2. The lowest BCUT2D eigenvalue weighted by molar-refractivity contribution is -0.138. The van der Waals surface area contributed by atoms with Gasteiger partial charge in [-0.15, -0.1) is 0 Å². The van der Waals surface area contributed by atoms with Crippen LogP contribution in [0.3, 0.4) is 0 Å². The minimum absolute atomic E-state index is 0.0869. The van der Waals surface area contributed by atoms with Crippen molar-refractivity contribution in [3.63, 3.8) is 0 Å². The van der Waals surface area contributed by atoms with E-state index in [4.69, 9.17) is 0 Å². The van der Waals surface area contributed by atoms with E-state index in [9.17, 15) is 14.4 Å². The predicted molar refractivity (Wildman–Crippen MR) is 86.3 cm³/mol. The molecular formula is C17H23N3O3. The molecule has 6 nitrogen and oxygen atoms in total. The van der Waals surface area contributed by atoms with E-state index in [0.717, 1.165) is 12.0 Å². The van der Waals surface area contributed by atoms with Crippen LogP contribution in [0.4, 0.5) is 0 Å². The van der Waals surface area contributed by atoms with Crippen LogP contribution in [0, 0.1) is 0 Å². The molecule has 23 heavy (non-hydrogen) atoms. The molecule has 1 aromatic carbocycles. The van der Waals surface area contributed by atoms with Crippen molar-refractivity contribution in [3.05, 3.63) is 35.9 Å². The normalized spacial score (nSPS) is 16.9. The summed E-state index contributed by atoms with van der Waals surface area (Å²) in [6.45, 7) is 2.79. The van der Waals surface area contributed by atoms with E-state index < -0.39 is 6.04 Å². The third kappa shape index (κ3) is 5.09. The number of nitrogens with one attached hydrogen (secondary N) is 2. The maximum absolute atomic E-state index is 12.3. The molecule has 0 aliphatic carbocycles. The first-order chi connectivity index (χ1) is 11.1. The second kappa shape index (κ2) is 8.31. The van der Waals surface area contributed by atoms with Crippen LogP contribution in [-0.4, -0.2) is 41.8 Å². The van der Waals surface area contributed by atoms with Crippen molar-refractivity contribution in [3.8, 4) is 0 Å². The number of carbonyl (C=O) groups is 3. The van der Waals surface area contributed by atoms with Gasteiger partial charge in [0.15, 0.2) is 0 Å². The van der Waals surface area contributed by atoms with Gasteiger partial charge >= 0.3 is 0 Å². The van der Waals surface area contributed by atoms with Crippen LogP contribution in [0.25, 0.3) is 0 Å². The van der Waals surface area contributed by atoms with Crippen LogP contribution >= 0.6 is 0 Å². The van der Waals surface area contributed by atoms with Crippen molar-refractivity contribution < 1.29 is 14.4 Å². The molecule has 124 valence electrons. The number of hydrogen-bond donors (Lipinski definition) is 2. The smallest absolute Gasteiger partial charge is 0.243 e. The summed E-state index contributed by atoms with van der Waals surface area (Å²) in [4.78, 5) is 37.0. The molecule has 0 aromatic heterocycles. The van der Waals surface area contributed by atoms with E-state index in [1.807, 2.05) is 30.3 Å². The maximum atomic E-state index is 12.3. The second-order valence-electron chi connectivity index (χ2n) is 5.68. The quantitative estimate of drug-likeness (QED) is 0.815. The summed E-state index contributed by atoms with van der Waals surface area (Å²) < 4.78 is 0. The highest BCUT2D eigenvalue weighted by Gasteiger charge is 2.33. The highest BCUT2D eigenvalue weighted by molar-refractivity contribution is 5.88. The van der Waals surface area contributed by atoms with E-state index >= 15 is 0 Å². The van der Waals surface area contributed by atoms with E-state index in [-0.39, 0.29) is 24.1 Å². The molecule has 0 saturated carbocycles. The average molecular weight is 317 g/mol. The van der Waals surface area contributed by atoms with Gasteiger partial charge in [-0.05, 0) is 18.4 Å². The topological polar surface area (TPSA) is 78.5 Å². The zero-order valence-electron chi connectivity index (χ0n) is 13.4. The van der Waals surface area contributed by atoms with Gasteiger partial charge in [-0.3, -0.25) is 14.4 Å². The lowest BCUT2D eigenvalue weighted by Gasteiger charge is -2.24. The lowest BCUT2D eigenvalue weighted by atomic mass is 10.2. The van der Waals surface area contributed by atoms with Gasteiger partial charge in [-0.2, -0.15) is 0 Å². The van der Waals surface area contributed by atoms with Gasteiger partial charge in [0, 0.05) is 33.0 Å². The molecule has 1 saturated heterocycles. The standard InChI is InChI=1S/C17H23N3O3/c1-13(21)18-10-9-16(22)20-11-5-8-15(20)17(23)19-12-14-6-3-2-4-7-14/h2-4,6-7,15H,5,8-12H2,1H3,(H,18,21)(H,19,23)/t15-/m1/s1. The lowest BCUT2D eigenvalue weighted by Crippen LogP contribution is -2.46. The Kier molecular flexibility index (Phi) is 6.14. The molecule has 0 radical (unpaired) electrons.